The van der Waals surface area contributed by atoms with Crippen LogP contribution in [0.2, 0.25) is 0 Å². The fourth-order valence-electron chi connectivity index (χ4n) is 1.73. The maximum absolute atomic E-state index is 9.34. The Morgan fingerprint density at radius 1 is 1.24 bits per heavy atom. The van der Waals surface area contributed by atoms with E-state index in [0.717, 1.165) is 32.4 Å². The molecular weight excluding hydrogens is 214 g/mol. The summed E-state index contributed by atoms with van der Waals surface area (Å²) < 4.78 is 5.73. The molecule has 0 radical (unpaired) electrons. The molecular formula is C14H31NO2. The van der Waals surface area contributed by atoms with Gasteiger partial charge in [-0.25, -0.2) is 0 Å². The van der Waals surface area contributed by atoms with Crippen LogP contribution in [0.1, 0.15) is 53.9 Å². The summed E-state index contributed by atoms with van der Waals surface area (Å²) in [6, 6.07) is 0. The van der Waals surface area contributed by atoms with E-state index in [9.17, 15) is 5.11 Å². The van der Waals surface area contributed by atoms with Crippen LogP contribution < -0.4 is 5.32 Å². The van der Waals surface area contributed by atoms with Crippen LogP contribution in [0.25, 0.3) is 0 Å². The van der Waals surface area contributed by atoms with Crippen LogP contribution in [0.5, 0.6) is 0 Å². The van der Waals surface area contributed by atoms with Crippen molar-refractivity contribution in [1.82, 2.24) is 5.32 Å². The Morgan fingerprint density at radius 2 is 1.88 bits per heavy atom. The van der Waals surface area contributed by atoms with Gasteiger partial charge in [0.05, 0.1) is 12.7 Å². The van der Waals surface area contributed by atoms with Gasteiger partial charge in [-0.2, -0.15) is 0 Å². The summed E-state index contributed by atoms with van der Waals surface area (Å²) in [7, 11) is 0. The van der Waals surface area contributed by atoms with Crippen molar-refractivity contribution in [2.45, 2.75) is 65.5 Å². The van der Waals surface area contributed by atoms with Gasteiger partial charge in [-0.3, -0.25) is 0 Å². The minimum absolute atomic E-state index is 0.127. The molecule has 3 nitrogen and oxygen atoms in total. The van der Waals surface area contributed by atoms with Gasteiger partial charge in [-0.15, -0.1) is 0 Å². The van der Waals surface area contributed by atoms with E-state index in [0.29, 0.717) is 12.0 Å². The van der Waals surface area contributed by atoms with E-state index < -0.39 is 0 Å². The number of likely N-dealkylation sites (N-methyl/N-ethyl adjacent to an activating group) is 1. The molecule has 0 aromatic heterocycles. The molecule has 2 unspecified atom stereocenters. The van der Waals surface area contributed by atoms with Crippen molar-refractivity contribution < 1.29 is 9.84 Å². The van der Waals surface area contributed by atoms with Gasteiger partial charge < -0.3 is 15.2 Å². The average Bonchev–Trinajstić information content (AvgIpc) is 2.28. The molecule has 17 heavy (non-hydrogen) atoms. The SMILES string of the molecule is CCNC(C)(CO)CCCCOC(C)C(C)C. The van der Waals surface area contributed by atoms with Crippen molar-refractivity contribution in [2.24, 2.45) is 5.92 Å². The predicted octanol–water partition coefficient (Wildman–Crippen LogP) is 2.58. The summed E-state index contributed by atoms with van der Waals surface area (Å²) in [6.45, 7) is 12.6. The first-order valence-electron chi connectivity index (χ1n) is 6.92. The number of hydrogen-bond donors (Lipinski definition) is 2. The van der Waals surface area contributed by atoms with Gasteiger partial charge in [0.25, 0.3) is 0 Å². The molecule has 2 N–H and O–H groups in total. The highest BCUT2D eigenvalue weighted by atomic mass is 16.5. The Labute approximate surface area is 107 Å². The van der Waals surface area contributed by atoms with Crippen LogP contribution in [0.4, 0.5) is 0 Å². The molecule has 0 heterocycles. The molecule has 0 saturated heterocycles. The first kappa shape index (κ1) is 16.9. The molecule has 3 heteroatoms. The number of rotatable bonds is 10. The topological polar surface area (TPSA) is 41.5 Å². The van der Waals surface area contributed by atoms with Gasteiger partial charge in [-0.1, -0.05) is 20.8 Å². The van der Waals surface area contributed by atoms with E-state index in [1.54, 1.807) is 0 Å². The molecule has 0 aliphatic carbocycles. The van der Waals surface area contributed by atoms with E-state index in [2.05, 4.69) is 39.9 Å². The van der Waals surface area contributed by atoms with Crippen molar-refractivity contribution in [3.8, 4) is 0 Å². The first-order chi connectivity index (χ1) is 7.95. The third-order valence-corrected chi connectivity index (χ3v) is 3.39. The third kappa shape index (κ3) is 7.74. The third-order valence-electron chi connectivity index (χ3n) is 3.39. The van der Waals surface area contributed by atoms with Crippen LogP contribution >= 0.6 is 0 Å². The zero-order chi connectivity index (χ0) is 13.3. The van der Waals surface area contributed by atoms with Gasteiger partial charge in [0.2, 0.25) is 0 Å². The number of unbranched alkanes of at least 4 members (excludes halogenated alkanes) is 1. The zero-order valence-corrected chi connectivity index (χ0v) is 12.3. The van der Waals surface area contributed by atoms with Crippen molar-refractivity contribution in [1.29, 1.82) is 0 Å². The number of nitrogens with one attached hydrogen (secondary N) is 1. The summed E-state index contributed by atoms with van der Waals surface area (Å²) in [4.78, 5) is 0. The molecule has 0 fully saturated rings. The maximum Gasteiger partial charge on any atom is 0.0610 e. The minimum atomic E-state index is -0.127. The second-order valence-corrected chi connectivity index (χ2v) is 5.53. The van der Waals surface area contributed by atoms with Gasteiger partial charge >= 0.3 is 0 Å². The van der Waals surface area contributed by atoms with Crippen molar-refractivity contribution in [3.05, 3.63) is 0 Å². The monoisotopic (exact) mass is 245 g/mol. The summed E-state index contributed by atoms with van der Waals surface area (Å²) in [5.41, 5.74) is -0.127. The van der Waals surface area contributed by atoms with Gasteiger partial charge in [0.1, 0.15) is 0 Å². The van der Waals surface area contributed by atoms with Crippen LogP contribution in [0.3, 0.4) is 0 Å². The second kappa shape index (κ2) is 8.90. The summed E-state index contributed by atoms with van der Waals surface area (Å²) in [6.07, 6.45) is 3.50. The molecule has 0 saturated carbocycles. The Bertz CT molecular complexity index is 185. The molecule has 0 aromatic carbocycles. The molecule has 104 valence electrons. The van der Waals surface area contributed by atoms with Gasteiger partial charge in [0, 0.05) is 12.1 Å². The number of hydrogen-bond acceptors (Lipinski definition) is 3. The Balaban J connectivity index is 3.62. The van der Waals surface area contributed by atoms with Crippen LogP contribution in [-0.2, 0) is 4.74 Å². The lowest BCUT2D eigenvalue weighted by Gasteiger charge is -2.28. The van der Waals surface area contributed by atoms with Crippen molar-refractivity contribution >= 4 is 0 Å². The van der Waals surface area contributed by atoms with Crippen molar-refractivity contribution in [3.63, 3.8) is 0 Å². The highest BCUT2D eigenvalue weighted by molar-refractivity contribution is 4.81. The Hall–Kier alpha value is -0.120. The number of aliphatic hydroxyl groups is 1. The van der Waals surface area contributed by atoms with Crippen LogP contribution in [-0.4, -0.2) is 36.5 Å². The molecule has 2 atom stereocenters. The number of aliphatic hydroxyl groups excluding tert-OH is 1. The average molecular weight is 245 g/mol. The zero-order valence-electron chi connectivity index (χ0n) is 12.3. The lowest BCUT2D eigenvalue weighted by Crippen LogP contribution is -2.45. The quantitative estimate of drug-likeness (QED) is 0.581. The van der Waals surface area contributed by atoms with E-state index in [1.165, 1.54) is 0 Å². The van der Waals surface area contributed by atoms with Crippen LogP contribution in [0, 0.1) is 5.92 Å². The molecule has 0 aliphatic rings. The van der Waals surface area contributed by atoms with E-state index in [-0.39, 0.29) is 12.1 Å². The minimum Gasteiger partial charge on any atom is -0.394 e. The van der Waals surface area contributed by atoms with Gasteiger partial charge in [0.15, 0.2) is 0 Å². The fraction of sp³-hybridized carbons (Fsp3) is 1.00. The molecule has 0 amide bonds. The smallest absolute Gasteiger partial charge is 0.0610 e. The van der Waals surface area contributed by atoms with Gasteiger partial charge in [-0.05, 0) is 45.6 Å². The van der Waals surface area contributed by atoms with E-state index in [1.807, 2.05) is 0 Å². The van der Waals surface area contributed by atoms with Crippen molar-refractivity contribution in [2.75, 3.05) is 19.8 Å². The molecule has 0 bridgehead atoms. The largest absolute Gasteiger partial charge is 0.394 e. The predicted molar refractivity (Wildman–Crippen MR) is 73.3 cm³/mol. The summed E-state index contributed by atoms with van der Waals surface area (Å²) in [5, 5.41) is 12.7. The lowest BCUT2D eigenvalue weighted by molar-refractivity contribution is 0.0319. The molecule has 0 aliphatic heterocycles. The van der Waals surface area contributed by atoms with E-state index >= 15 is 0 Å². The summed E-state index contributed by atoms with van der Waals surface area (Å²) >= 11 is 0. The Kier molecular flexibility index (Phi) is 8.83. The lowest BCUT2D eigenvalue weighted by atomic mass is 9.96. The molecule has 0 spiro atoms. The van der Waals surface area contributed by atoms with Crippen LogP contribution in [0.15, 0.2) is 0 Å². The van der Waals surface area contributed by atoms with E-state index in [4.69, 9.17) is 4.74 Å². The first-order valence-corrected chi connectivity index (χ1v) is 6.92. The Morgan fingerprint density at radius 3 is 2.35 bits per heavy atom. The molecule has 0 rings (SSSR count). The molecule has 0 aromatic rings. The number of ether oxygens (including phenoxy) is 1. The normalized spacial score (nSPS) is 17.1. The maximum atomic E-state index is 9.34. The highest BCUT2D eigenvalue weighted by Gasteiger charge is 2.20. The standard InChI is InChI=1S/C14H31NO2/c1-6-15-14(5,11-16)9-7-8-10-17-13(4)12(2)3/h12-13,15-16H,6-11H2,1-5H3. The second-order valence-electron chi connectivity index (χ2n) is 5.53. The fourth-order valence-corrected chi connectivity index (χ4v) is 1.73. The summed E-state index contributed by atoms with van der Waals surface area (Å²) in [5.74, 6) is 0.583. The highest BCUT2D eigenvalue weighted by Crippen LogP contribution is 2.14.